The highest BCUT2D eigenvalue weighted by atomic mass is 35.5. The number of anilines is 1. The van der Waals surface area contributed by atoms with Crippen LogP contribution in [-0.4, -0.2) is 30.0 Å². The Kier molecular flexibility index (Phi) is 5.82. The highest BCUT2D eigenvalue weighted by Gasteiger charge is 2.16. The van der Waals surface area contributed by atoms with Crippen LogP contribution in [-0.2, 0) is 14.8 Å². The number of thioether (sulfide) groups is 1. The minimum atomic E-state index is -3.94. The van der Waals surface area contributed by atoms with Gasteiger partial charge >= 0.3 is 0 Å². The zero-order valence-corrected chi connectivity index (χ0v) is 14.5. The molecular weight excluding hydrogens is 383 g/mol. The van der Waals surface area contributed by atoms with Crippen LogP contribution in [0.5, 0.6) is 0 Å². The predicted molar refractivity (Wildman–Crippen MR) is 89.2 cm³/mol. The van der Waals surface area contributed by atoms with Gasteiger partial charge in [0.15, 0.2) is 5.16 Å². The fourth-order valence-corrected chi connectivity index (χ4v) is 3.38. The van der Waals surface area contributed by atoms with Gasteiger partial charge in [-0.2, -0.15) is 0 Å². The Balaban J connectivity index is 2.09. The van der Waals surface area contributed by atoms with Crippen molar-refractivity contribution in [3.05, 3.63) is 40.6 Å². The van der Waals surface area contributed by atoms with E-state index in [9.17, 15) is 13.2 Å². The van der Waals surface area contributed by atoms with Crippen LogP contribution in [0.2, 0.25) is 10.0 Å². The van der Waals surface area contributed by atoms with Gasteiger partial charge in [0.1, 0.15) is 0 Å². The SMILES string of the molecule is NS(=O)(=O)c1cc(Cl)c(NC(=O)CSc2ncccn2)c(Cl)c1. The topological polar surface area (TPSA) is 115 Å². The number of hydrogen-bond donors (Lipinski definition) is 2. The maximum Gasteiger partial charge on any atom is 0.238 e. The number of rotatable bonds is 5. The van der Waals surface area contributed by atoms with E-state index in [2.05, 4.69) is 15.3 Å². The molecular formula is C12H10Cl2N4O3S2. The lowest BCUT2D eigenvalue weighted by Crippen LogP contribution is -2.16. The Morgan fingerprint density at radius 3 is 2.30 bits per heavy atom. The summed E-state index contributed by atoms with van der Waals surface area (Å²) in [4.78, 5) is 19.6. The largest absolute Gasteiger partial charge is 0.323 e. The van der Waals surface area contributed by atoms with E-state index in [-0.39, 0.29) is 26.4 Å². The van der Waals surface area contributed by atoms with Crippen LogP contribution in [0.3, 0.4) is 0 Å². The smallest absolute Gasteiger partial charge is 0.238 e. The van der Waals surface area contributed by atoms with Crippen LogP contribution in [0.1, 0.15) is 0 Å². The number of benzene rings is 1. The second-order valence-corrected chi connectivity index (χ2v) is 7.49. The summed E-state index contributed by atoms with van der Waals surface area (Å²) in [6, 6.07) is 3.90. The first-order valence-electron chi connectivity index (χ1n) is 5.99. The molecule has 1 aromatic carbocycles. The quantitative estimate of drug-likeness (QED) is 0.594. The number of sulfonamides is 1. The maximum atomic E-state index is 11.9. The van der Waals surface area contributed by atoms with E-state index in [1.807, 2.05) is 0 Å². The number of amides is 1. The van der Waals surface area contributed by atoms with Crippen LogP contribution in [0.25, 0.3) is 0 Å². The Hall–Kier alpha value is -1.39. The Morgan fingerprint density at radius 2 is 1.78 bits per heavy atom. The molecule has 0 bridgehead atoms. The van der Waals surface area contributed by atoms with Crippen LogP contribution in [0.15, 0.2) is 40.6 Å². The highest BCUT2D eigenvalue weighted by molar-refractivity contribution is 7.99. The number of aromatic nitrogens is 2. The summed E-state index contributed by atoms with van der Waals surface area (Å²) < 4.78 is 22.6. The highest BCUT2D eigenvalue weighted by Crippen LogP contribution is 2.33. The third-order valence-corrected chi connectivity index (χ3v) is 4.85. The van der Waals surface area contributed by atoms with E-state index in [0.717, 1.165) is 23.9 Å². The first-order valence-corrected chi connectivity index (χ1v) is 9.27. The van der Waals surface area contributed by atoms with E-state index in [0.29, 0.717) is 5.16 Å². The summed E-state index contributed by atoms with van der Waals surface area (Å²) in [7, 11) is -3.94. The number of carbonyl (C=O) groups is 1. The predicted octanol–water partition coefficient (Wildman–Crippen LogP) is 2.16. The van der Waals surface area contributed by atoms with Crippen LogP contribution in [0, 0.1) is 0 Å². The molecule has 23 heavy (non-hydrogen) atoms. The van der Waals surface area contributed by atoms with Gasteiger partial charge in [0.25, 0.3) is 0 Å². The average molecular weight is 393 g/mol. The Morgan fingerprint density at radius 1 is 1.22 bits per heavy atom. The van der Waals surface area contributed by atoms with Crippen molar-refractivity contribution in [1.29, 1.82) is 0 Å². The van der Waals surface area contributed by atoms with Crippen LogP contribution in [0.4, 0.5) is 5.69 Å². The zero-order valence-electron chi connectivity index (χ0n) is 11.4. The molecule has 0 saturated carbocycles. The third-order valence-electron chi connectivity index (χ3n) is 2.48. The summed E-state index contributed by atoms with van der Waals surface area (Å²) in [6.45, 7) is 0. The minimum absolute atomic E-state index is 0.0316. The fourth-order valence-electron chi connectivity index (χ4n) is 1.50. The number of hydrogen-bond acceptors (Lipinski definition) is 6. The first kappa shape index (κ1) is 18.0. The van der Waals surface area contributed by atoms with Gasteiger partial charge < -0.3 is 5.32 Å². The molecule has 3 N–H and O–H groups in total. The lowest BCUT2D eigenvalue weighted by molar-refractivity contribution is -0.113. The van der Waals surface area contributed by atoms with E-state index in [1.165, 1.54) is 0 Å². The number of primary sulfonamides is 1. The molecule has 1 aromatic heterocycles. The van der Waals surface area contributed by atoms with Gasteiger partial charge in [-0.3, -0.25) is 4.79 Å². The minimum Gasteiger partial charge on any atom is -0.323 e. The number of halogens is 2. The second kappa shape index (κ2) is 7.45. The molecule has 0 aliphatic rings. The van der Waals surface area contributed by atoms with Crippen molar-refractivity contribution in [1.82, 2.24) is 9.97 Å². The zero-order chi connectivity index (χ0) is 17.0. The second-order valence-electron chi connectivity index (χ2n) is 4.18. The molecule has 0 atom stereocenters. The molecule has 0 fully saturated rings. The molecule has 0 aliphatic heterocycles. The fraction of sp³-hybridized carbons (Fsp3) is 0.0833. The summed E-state index contributed by atoms with van der Waals surface area (Å²) in [5.41, 5.74) is 0.111. The molecule has 1 heterocycles. The molecule has 0 aliphatic carbocycles. The van der Waals surface area contributed by atoms with Crippen molar-refractivity contribution < 1.29 is 13.2 Å². The average Bonchev–Trinajstić information content (AvgIpc) is 2.49. The normalized spacial score (nSPS) is 11.3. The standard InChI is InChI=1S/C12H10Cl2N4O3S2/c13-8-4-7(23(15,20)21)5-9(14)11(8)18-10(19)6-22-12-16-2-1-3-17-12/h1-5H,6H2,(H,18,19)(H2,15,20,21). The van der Waals surface area contributed by atoms with Crippen LogP contribution < -0.4 is 10.5 Å². The van der Waals surface area contributed by atoms with Crippen molar-refractivity contribution in [3.63, 3.8) is 0 Å². The Labute approximate surface area is 146 Å². The molecule has 11 heteroatoms. The summed E-state index contributed by atoms with van der Waals surface area (Å²) in [6.07, 6.45) is 3.12. The van der Waals surface area contributed by atoms with Crippen molar-refractivity contribution >= 4 is 56.6 Å². The van der Waals surface area contributed by atoms with Gasteiger partial charge in [-0.15, -0.1) is 0 Å². The number of carbonyl (C=O) groups excluding carboxylic acids is 1. The van der Waals surface area contributed by atoms with Crippen molar-refractivity contribution in [2.45, 2.75) is 10.1 Å². The summed E-state index contributed by atoms with van der Waals surface area (Å²) in [5, 5.41) is 7.91. The summed E-state index contributed by atoms with van der Waals surface area (Å²) >= 11 is 13.0. The molecule has 2 aromatic rings. The lowest BCUT2D eigenvalue weighted by Gasteiger charge is -2.10. The maximum absolute atomic E-state index is 11.9. The molecule has 0 saturated heterocycles. The van der Waals surface area contributed by atoms with E-state index in [4.69, 9.17) is 28.3 Å². The van der Waals surface area contributed by atoms with Gasteiger partial charge in [-0.1, -0.05) is 35.0 Å². The Bertz CT molecular complexity index is 808. The van der Waals surface area contributed by atoms with Crippen molar-refractivity contribution in [2.75, 3.05) is 11.1 Å². The van der Waals surface area contributed by atoms with Crippen molar-refractivity contribution in [3.8, 4) is 0 Å². The van der Waals surface area contributed by atoms with Gasteiger partial charge in [-0.05, 0) is 18.2 Å². The van der Waals surface area contributed by atoms with Crippen LogP contribution >= 0.6 is 35.0 Å². The molecule has 1 amide bonds. The first-order chi connectivity index (χ1) is 10.8. The van der Waals surface area contributed by atoms with Gasteiger partial charge in [0.05, 0.1) is 26.4 Å². The van der Waals surface area contributed by atoms with Gasteiger partial charge in [0, 0.05) is 12.4 Å². The van der Waals surface area contributed by atoms with Gasteiger partial charge in [0.2, 0.25) is 15.9 Å². The number of nitrogens with zero attached hydrogens (tertiary/aromatic N) is 2. The van der Waals surface area contributed by atoms with E-state index >= 15 is 0 Å². The van der Waals surface area contributed by atoms with Gasteiger partial charge in [-0.25, -0.2) is 23.5 Å². The number of nitrogens with two attached hydrogens (primary N) is 1. The lowest BCUT2D eigenvalue weighted by atomic mass is 10.3. The summed E-state index contributed by atoms with van der Waals surface area (Å²) in [5.74, 6) is -0.359. The molecule has 2 rings (SSSR count). The molecule has 0 unspecified atom stereocenters. The van der Waals surface area contributed by atoms with Crippen molar-refractivity contribution in [2.24, 2.45) is 5.14 Å². The molecule has 7 nitrogen and oxygen atoms in total. The molecule has 122 valence electrons. The number of nitrogens with one attached hydrogen (secondary N) is 1. The third kappa shape index (κ3) is 5.05. The monoisotopic (exact) mass is 392 g/mol. The van der Waals surface area contributed by atoms with E-state index in [1.54, 1.807) is 18.5 Å². The van der Waals surface area contributed by atoms with E-state index < -0.39 is 15.9 Å². The molecule has 0 radical (unpaired) electrons. The molecule has 0 spiro atoms.